The van der Waals surface area contributed by atoms with Crippen LogP contribution < -0.4 is 0 Å². The average Bonchev–Trinajstić information content (AvgIpc) is 3.41. The quantitative estimate of drug-likeness (QED) is 0.190. The van der Waals surface area contributed by atoms with Gasteiger partial charge in [0.15, 0.2) is 5.82 Å². The van der Waals surface area contributed by atoms with Crippen LogP contribution in [0.5, 0.6) is 0 Å². The van der Waals surface area contributed by atoms with Crippen molar-refractivity contribution < 1.29 is 0 Å². The molecule has 0 unspecified atom stereocenters. The van der Waals surface area contributed by atoms with Crippen LogP contribution in [-0.2, 0) is 5.41 Å². The monoisotopic (exact) mass is 626 g/mol. The van der Waals surface area contributed by atoms with Crippen molar-refractivity contribution in [3.8, 4) is 67.3 Å². The van der Waals surface area contributed by atoms with Crippen LogP contribution in [0.1, 0.15) is 25.0 Å². The molecule has 1 aliphatic rings. The topological polar surface area (TPSA) is 25.8 Å². The highest BCUT2D eigenvalue weighted by molar-refractivity contribution is 5.98. The zero-order valence-corrected chi connectivity index (χ0v) is 27.6. The van der Waals surface area contributed by atoms with E-state index in [1.807, 2.05) is 0 Å². The summed E-state index contributed by atoms with van der Waals surface area (Å²) in [6.45, 7) is 4.64. The number of nitrogens with zero attached hydrogens (tertiary/aromatic N) is 2. The summed E-state index contributed by atoms with van der Waals surface area (Å²) in [5.41, 5.74) is 14.7. The molecule has 7 aromatic carbocycles. The molecular weight excluding hydrogens is 593 g/mol. The van der Waals surface area contributed by atoms with E-state index in [4.69, 9.17) is 9.97 Å². The fourth-order valence-corrected chi connectivity index (χ4v) is 7.65. The Balaban J connectivity index is 1.15. The number of rotatable bonds is 5. The lowest BCUT2D eigenvalue weighted by Crippen LogP contribution is -2.18. The van der Waals surface area contributed by atoms with Gasteiger partial charge in [-0.2, -0.15) is 0 Å². The van der Waals surface area contributed by atoms with E-state index in [-0.39, 0.29) is 5.41 Å². The van der Waals surface area contributed by atoms with Gasteiger partial charge in [0, 0.05) is 27.7 Å². The van der Waals surface area contributed by atoms with E-state index in [0.717, 1.165) is 39.5 Å². The van der Waals surface area contributed by atoms with Gasteiger partial charge in [0.05, 0.1) is 11.4 Å². The molecule has 0 aliphatic heterocycles. The van der Waals surface area contributed by atoms with Crippen LogP contribution in [0, 0.1) is 0 Å². The summed E-state index contributed by atoms with van der Waals surface area (Å²) < 4.78 is 0. The van der Waals surface area contributed by atoms with Crippen molar-refractivity contribution >= 4 is 10.8 Å². The van der Waals surface area contributed by atoms with Crippen molar-refractivity contribution in [2.45, 2.75) is 19.3 Å². The molecule has 0 spiro atoms. The summed E-state index contributed by atoms with van der Waals surface area (Å²) in [7, 11) is 0. The molecule has 49 heavy (non-hydrogen) atoms. The Morgan fingerprint density at radius 3 is 1.55 bits per heavy atom. The third kappa shape index (κ3) is 4.96. The van der Waals surface area contributed by atoms with E-state index >= 15 is 0 Å². The predicted molar refractivity (Wildman–Crippen MR) is 204 cm³/mol. The van der Waals surface area contributed by atoms with Crippen molar-refractivity contribution in [2.75, 3.05) is 0 Å². The smallest absolute Gasteiger partial charge is 0.160 e. The van der Waals surface area contributed by atoms with Crippen LogP contribution in [-0.4, -0.2) is 9.97 Å². The van der Waals surface area contributed by atoms with E-state index < -0.39 is 0 Å². The first-order valence-electron chi connectivity index (χ1n) is 16.9. The van der Waals surface area contributed by atoms with Crippen LogP contribution in [0.2, 0.25) is 0 Å². The summed E-state index contributed by atoms with van der Waals surface area (Å²) >= 11 is 0. The van der Waals surface area contributed by atoms with Crippen molar-refractivity contribution in [1.29, 1.82) is 0 Å². The van der Waals surface area contributed by atoms with E-state index in [2.05, 4.69) is 184 Å². The summed E-state index contributed by atoms with van der Waals surface area (Å²) in [6, 6.07) is 60.6. The maximum atomic E-state index is 5.38. The van der Waals surface area contributed by atoms with Crippen LogP contribution in [0.4, 0.5) is 0 Å². The van der Waals surface area contributed by atoms with Crippen LogP contribution in [0.15, 0.2) is 170 Å². The SMILES string of the molecule is CC1(C)c2c(-c3ccccc3)nc(-c3cccc(-c4cccc(-c5ccc(-c6ccccc6)cc5)c4)c3)nc2-c2ccc3ccccc3c21. The highest BCUT2D eigenvalue weighted by Gasteiger charge is 2.41. The molecule has 0 saturated carbocycles. The lowest BCUT2D eigenvalue weighted by atomic mass is 9.79. The number of hydrogen-bond donors (Lipinski definition) is 0. The van der Waals surface area contributed by atoms with Crippen molar-refractivity contribution in [3.63, 3.8) is 0 Å². The lowest BCUT2D eigenvalue weighted by molar-refractivity contribution is 0.663. The second-order valence-electron chi connectivity index (χ2n) is 13.4. The fraction of sp³-hybridized carbons (Fsp3) is 0.0638. The first kappa shape index (κ1) is 29.1. The Morgan fingerprint density at radius 1 is 0.367 bits per heavy atom. The van der Waals surface area contributed by atoms with Gasteiger partial charge in [-0.15, -0.1) is 0 Å². The summed E-state index contributed by atoms with van der Waals surface area (Å²) in [5.74, 6) is 0.740. The van der Waals surface area contributed by atoms with E-state index in [1.54, 1.807) is 0 Å². The molecule has 1 aromatic heterocycles. The second kappa shape index (κ2) is 11.5. The molecule has 0 atom stereocenters. The fourth-order valence-electron chi connectivity index (χ4n) is 7.65. The first-order chi connectivity index (χ1) is 24.0. The molecule has 8 aromatic rings. The molecular formula is C47H34N2. The largest absolute Gasteiger partial charge is 0.228 e. The van der Waals surface area contributed by atoms with Gasteiger partial charge < -0.3 is 0 Å². The van der Waals surface area contributed by atoms with Gasteiger partial charge >= 0.3 is 0 Å². The summed E-state index contributed by atoms with van der Waals surface area (Å²) in [6.07, 6.45) is 0. The molecule has 0 amide bonds. The van der Waals surface area contributed by atoms with Crippen LogP contribution in [0.3, 0.4) is 0 Å². The number of benzene rings is 7. The molecule has 0 fully saturated rings. The number of aromatic nitrogens is 2. The molecule has 9 rings (SSSR count). The summed E-state index contributed by atoms with van der Waals surface area (Å²) in [4.78, 5) is 10.7. The first-order valence-corrected chi connectivity index (χ1v) is 16.9. The summed E-state index contributed by atoms with van der Waals surface area (Å²) in [5, 5.41) is 2.53. The third-order valence-electron chi connectivity index (χ3n) is 10.0. The molecule has 0 saturated heterocycles. The molecule has 2 heteroatoms. The van der Waals surface area contributed by atoms with Gasteiger partial charge in [0.2, 0.25) is 0 Å². The van der Waals surface area contributed by atoms with Crippen molar-refractivity contribution in [1.82, 2.24) is 9.97 Å². The molecule has 2 nitrogen and oxygen atoms in total. The molecule has 1 heterocycles. The number of fused-ring (bicyclic) bond motifs is 5. The Bertz CT molecular complexity index is 2490. The lowest BCUT2D eigenvalue weighted by Gasteiger charge is -2.25. The predicted octanol–water partition coefficient (Wildman–Crippen LogP) is 12.3. The van der Waals surface area contributed by atoms with E-state index in [0.29, 0.717) is 0 Å². The van der Waals surface area contributed by atoms with E-state index in [9.17, 15) is 0 Å². The minimum Gasteiger partial charge on any atom is -0.228 e. The maximum absolute atomic E-state index is 5.38. The Kier molecular flexibility index (Phi) is 6.84. The zero-order chi connectivity index (χ0) is 33.0. The highest BCUT2D eigenvalue weighted by atomic mass is 14.9. The third-order valence-corrected chi connectivity index (χ3v) is 10.0. The van der Waals surface area contributed by atoms with Crippen LogP contribution >= 0.6 is 0 Å². The molecule has 1 aliphatic carbocycles. The molecule has 0 bridgehead atoms. The minimum atomic E-state index is -0.267. The zero-order valence-electron chi connectivity index (χ0n) is 27.6. The molecule has 232 valence electrons. The normalized spacial score (nSPS) is 12.9. The standard InChI is InChI=1S/C47H34N2/c1-47(2)42-40-22-10-9-15-34(40)27-28-41(42)45-43(47)44(35-16-7-4-8-17-35)48-46(49-45)39-21-12-20-38(30-39)37-19-11-18-36(29-37)33-25-23-32(24-26-33)31-13-5-3-6-14-31/h3-30H,1-2H3. The van der Waals surface area contributed by atoms with E-state index in [1.165, 1.54) is 49.7 Å². The van der Waals surface area contributed by atoms with Crippen molar-refractivity contribution in [3.05, 3.63) is 181 Å². The Labute approximate surface area is 287 Å². The van der Waals surface area contributed by atoms with Crippen LogP contribution in [0.25, 0.3) is 78.1 Å². The number of hydrogen-bond acceptors (Lipinski definition) is 2. The van der Waals surface area contributed by atoms with Gasteiger partial charge in [-0.1, -0.05) is 172 Å². The Morgan fingerprint density at radius 2 is 0.857 bits per heavy atom. The highest BCUT2D eigenvalue weighted by Crippen LogP contribution is 2.53. The molecule has 0 radical (unpaired) electrons. The van der Waals surface area contributed by atoms with Crippen molar-refractivity contribution in [2.24, 2.45) is 0 Å². The average molecular weight is 627 g/mol. The van der Waals surface area contributed by atoms with Gasteiger partial charge in [-0.05, 0) is 61.8 Å². The maximum Gasteiger partial charge on any atom is 0.160 e. The molecule has 0 N–H and O–H groups in total. The second-order valence-corrected chi connectivity index (χ2v) is 13.4. The van der Waals surface area contributed by atoms with Gasteiger partial charge in [0.25, 0.3) is 0 Å². The van der Waals surface area contributed by atoms with Gasteiger partial charge in [-0.3, -0.25) is 0 Å². The Hall–Kier alpha value is -6.12. The minimum absolute atomic E-state index is 0.267. The van der Waals surface area contributed by atoms with Gasteiger partial charge in [-0.25, -0.2) is 9.97 Å². The van der Waals surface area contributed by atoms with Gasteiger partial charge in [0.1, 0.15) is 0 Å².